The smallest absolute Gasteiger partial charge is 0.326 e. The first-order valence-electron chi connectivity index (χ1n) is 7.35. The fourth-order valence-corrected chi connectivity index (χ4v) is 2.29. The van der Waals surface area contributed by atoms with Crippen LogP contribution in [0.5, 0.6) is 0 Å². The first-order valence-corrected chi connectivity index (χ1v) is 7.35. The second-order valence-corrected chi connectivity index (χ2v) is 5.41. The predicted molar refractivity (Wildman–Crippen MR) is 75.4 cm³/mol. The maximum atomic E-state index is 12.3. The summed E-state index contributed by atoms with van der Waals surface area (Å²) in [5, 5.41) is 15.1. The minimum absolute atomic E-state index is 0.0265. The zero-order valence-corrected chi connectivity index (χ0v) is 12.5. The number of amides is 1. The Morgan fingerprint density at radius 2 is 2.05 bits per heavy atom. The number of carboxylic acid groups (broad SMARTS) is 1. The van der Waals surface area contributed by atoms with Gasteiger partial charge in [0.1, 0.15) is 6.04 Å². The SMILES string of the molecule is CCCNC1COCC1C(=O)N[C@H](C(=O)O)C(C)CC. The Hall–Kier alpha value is -1.14. The van der Waals surface area contributed by atoms with Crippen LogP contribution in [-0.2, 0) is 14.3 Å². The van der Waals surface area contributed by atoms with E-state index in [4.69, 9.17) is 4.74 Å². The molecule has 0 aliphatic carbocycles. The van der Waals surface area contributed by atoms with E-state index in [0.29, 0.717) is 19.6 Å². The van der Waals surface area contributed by atoms with Crippen molar-refractivity contribution in [2.45, 2.75) is 45.7 Å². The molecule has 3 N–H and O–H groups in total. The van der Waals surface area contributed by atoms with Crippen LogP contribution >= 0.6 is 0 Å². The minimum atomic E-state index is -0.982. The second-order valence-electron chi connectivity index (χ2n) is 5.41. The number of nitrogens with one attached hydrogen (secondary N) is 2. The number of carbonyl (C=O) groups is 2. The number of aliphatic carboxylic acids is 1. The van der Waals surface area contributed by atoms with Crippen molar-refractivity contribution in [2.75, 3.05) is 19.8 Å². The molecule has 1 heterocycles. The lowest BCUT2D eigenvalue weighted by Crippen LogP contribution is -2.51. The fraction of sp³-hybridized carbons (Fsp3) is 0.857. The lowest BCUT2D eigenvalue weighted by atomic mass is 9.97. The maximum absolute atomic E-state index is 12.3. The summed E-state index contributed by atoms with van der Waals surface area (Å²) in [6.45, 7) is 7.47. The van der Waals surface area contributed by atoms with E-state index in [1.54, 1.807) is 0 Å². The molecule has 1 amide bonds. The van der Waals surface area contributed by atoms with Gasteiger partial charge in [0.05, 0.1) is 19.1 Å². The highest BCUT2D eigenvalue weighted by atomic mass is 16.5. The van der Waals surface area contributed by atoms with Crippen molar-refractivity contribution in [1.82, 2.24) is 10.6 Å². The molecular weight excluding hydrogens is 260 g/mol. The molecule has 0 saturated carbocycles. The molecule has 0 bridgehead atoms. The van der Waals surface area contributed by atoms with Crippen LogP contribution in [0.4, 0.5) is 0 Å². The third-order valence-corrected chi connectivity index (χ3v) is 3.85. The summed E-state index contributed by atoms with van der Waals surface area (Å²) in [5.74, 6) is -1.62. The molecule has 6 nitrogen and oxygen atoms in total. The number of ether oxygens (including phenoxy) is 1. The number of carbonyl (C=O) groups excluding carboxylic acids is 1. The van der Waals surface area contributed by atoms with Gasteiger partial charge in [0.2, 0.25) is 5.91 Å². The van der Waals surface area contributed by atoms with Gasteiger partial charge in [0.15, 0.2) is 0 Å². The van der Waals surface area contributed by atoms with Gasteiger partial charge >= 0.3 is 5.97 Å². The average molecular weight is 286 g/mol. The Bertz CT molecular complexity index is 335. The Kier molecular flexibility index (Phi) is 6.95. The summed E-state index contributed by atoms with van der Waals surface area (Å²) in [5.41, 5.74) is 0. The van der Waals surface area contributed by atoms with Crippen LogP contribution in [0.3, 0.4) is 0 Å². The van der Waals surface area contributed by atoms with Crippen molar-refractivity contribution in [3.05, 3.63) is 0 Å². The topological polar surface area (TPSA) is 87.7 Å². The lowest BCUT2D eigenvalue weighted by molar-refractivity contribution is -0.144. The van der Waals surface area contributed by atoms with Crippen molar-refractivity contribution in [3.8, 4) is 0 Å². The van der Waals surface area contributed by atoms with Crippen LogP contribution in [-0.4, -0.2) is 48.8 Å². The molecule has 1 saturated heterocycles. The largest absolute Gasteiger partial charge is 0.480 e. The van der Waals surface area contributed by atoms with Crippen molar-refractivity contribution in [3.63, 3.8) is 0 Å². The van der Waals surface area contributed by atoms with Gasteiger partial charge in [-0.1, -0.05) is 27.2 Å². The normalized spacial score (nSPS) is 25.1. The van der Waals surface area contributed by atoms with Crippen LogP contribution in [0.15, 0.2) is 0 Å². The first-order chi connectivity index (χ1) is 9.51. The minimum Gasteiger partial charge on any atom is -0.480 e. The zero-order chi connectivity index (χ0) is 15.1. The van der Waals surface area contributed by atoms with Gasteiger partial charge in [-0.25, -0.2) is 4.79 Å². The van der Waals surface area contributed by atoms with Crippen LogP contribution in [0, 0.1) is 11.8 Å². The molecule has 1 aliphatic heterocycles. The molecular formula is C14H26N2O4. The summed E-state index contributed by atoms with van der Waals surface area (Å²) in [6, 6.07) is -0.860. The predicted octanol–water partition coefficient (Wildman–Crippen LogP) is 0.617. The summed E-state index contributed by atoms with van der Waals surface area (Å²) in [6.07, 6.45) is 1.69. The zero-order valence-electron chi connectivity index (χ0n) is 12.5. The van der Waals surface area contributed by atoms with E-state index in [0.717, 1.165) is 13.0 Å². The summed E-state index contributed by atoms with van der Waals surface area (Å²) in [7, 11) is 0. The fourth-order valence-electron chi connectivity index (χ4n) is 2.29. The van der Waals surface area contributed by atoms with Gasteiger partial charge in [0, 0.05) is 6.04 Å². The standard InChI is InChI=1S/C14H26N2O4/c1-4-6-15-11-8-20-7-10(11)13(17)16-12(14(18)19)9(3)5-2/h9-12,15H,4-8H2,1-3H3,(H,16,17)(H,18,19)/t9?,10?,11?,12-/m0/s1. The van der Waals surface area contributed by atoms with Gasteiger partial charge in [-0.3, -0.25) is 4.79 Å². The molecule has 1 fully saturated rings. The van der Waals surface area contributed by atoms with E-state index in [1.807, 2.05) is 13.8 Å². The number of hydrogen-bond acceptors (Lipinski definition) is 4. The second kappa shape index (κ2) is 8.21. The molecule has 116 valence electrons. The molecule has 0 spiro atoms. The maximum Gasteiger partial charge on any atom is 0.326 e. The number of rotatable bonds is 8. The summed E-state index contributed by atoms with van der Waals surface area (Å²) in [4.78, 5) is 23.5. The quantitative estimate of drug-likeness (QED) is 0.609. The molecule has 4 atom stereocenters. The highest BCUT2D eigenvalue weighted by Gasteiger charge is 2.36. The Balaban J connectivity index is 2.61. The molecule has 0 aromatic heterocycles. The number of carboxylic acids is 1. The Morgan fingerprint density at radius 1 is 1.35 bits per heavy atom. The van der Waals surface area contributed by atoms with E-state index >= 15 is 0 Å². The van der Waals surface area contributed by atoms with Gasteiger partial charge < -0.3 is 20.5 Å². The molecule has 0 aromatic rings. The van der Waals surface area contributed by atoms with Crippen LogP contribution in [0.1, 0.15) is 33.6 Å². The van der Waals surface area contributed by atoms with Crippen LogP contribution in [0.2, 0.25) is 0 Å². The van der Waals surface area contributed by atoms with Gasteiger partial charge in [-0.15, -0.1) is 0 Å². The Morgan fingerprint density at radius 3 is 2.60 bits per heavy atom. The molecule has 0 aromatic carbocycles. The van der Waals surface area contributed by atoms with Crippen LogP contribution in [0.25, 0.3) is 0 Å². The van der Waals surface area contributed by atoms with Gasteiger partial charge in [-0.2, -0.15) is 0 Å². The Labute approximate surface area is 120 Å². The molecule has 20 heavy (non-hydrogen) atoms. The lowest BCUT2D eigenvalue weighted by Gasteiger charge is -2.24. The molecule has 1 rings (SSSR count). The van der Waals surface area contributed by atoms with Crippen molar-refractivity contribution < 1.29 is 19.4 Å². The van der Waals surface area contributed by atoms with Crippen LogP contribution < -0.4 is 10.6 Å². The highest BCUT2D eigenvalue weighted by Crippen LogP contribution is 2.16. The van der Waals surface area contributed by atoms with Crippen molar-refractivity contribution in [1.29, 1.82) is 0 Å². The molecule has 3 unspecified atom stereocenters. The van der Waals surface area contributed by atoms with Gasteiger partial charge in [0.25, 0.3) is 0 Å². The summed E-state index contributed by atoms with van der Waals surface area (Å²) >= 11 is 0. The van der Waals surface area contributed by atoms with Crippen molar-refractivity contribution in [2.24, 2.45) is 11.8 Å². The van der Waals surface area contributed by atoms with E-state index in [9.17, 15) is 14.7 Å². The average Bonchev–Trinajstić information content (AvgIpc) is 2.89. The molecule has 6 heteroatoms. The third-order valence-electron chi connectivity index (χ3n) is 3.85. The van der Waals surface area contributed by atoms with E-state index in [1.165, 1.54) is 0 Å². The van der Waals surface area contributed by atoms with Gasteiger partial charge in [-0.05, 0) is 18.9 Å². The highest BCUT2D eigenvalue weighted by molar-refractivity contribution is 5.85. The number of hydrogen-bond donors (Lipinski definition) is 3. The van der Waals surface area contributed by atoms with E-state index < -0.39 is 12.0 Å². The summed E-state index contributed by atoms with van der Waals surface area (Å²) < 4.78 is 5.35. The van der Waals surface area contributed by atoms with E-state index in [2.05, 4.69) is 17.6 Å². The third kappa shape index (κ3) is 4.45. The first kappa shape index (κ1) is 16.9. The monoisotopic (exact) mass is 286 g/mol. The van der Waals surface area contributed by atoms with E-state index in [-0.39, 0.29) is 23.8 Å². The van der Waals surface area contributed by atoms with Crippen molar-refractivity contribution >= 4 is 11.9 Å². The molecule has 0 radical (unpaired) electrons. The molecule has 1 aliphatic rings.